The molecule has 3 unspecified atom stereocenters. The van der Waals surface area contributed by atoms with E-state index in [9.17, 15) is 19.2 Å². The standard InChI is InChI=1S/C17H30N3O7PS.C2H6/c1-11(16(24)25-5)20-28-26-10-17(3,4)14(27-28)15(23)19-7-6-13(22)18-8-9-29-12(2)21;1-2/h11,14,20H,6-10H2,1-5H3,(H,18,22)(H,19,23);1-2H3. The van der Waals surface area contributed by atoms with Gasteiger partial charge in [0.25, 0.3) is 8.53 Å². The topological polar surface area (TPSA) is 132 Å². The Balaban J connectivity index is 0.00000436. The van der Waals surface area contributed by atoms with Crippen LogP contribution in [0.4, 0.5) is 0 Å². The van der Waals surface area contributed by atoms with Crippen molar-refractivity contribution < 1.29 is 33.0 Å². The molecule has 31 heavy (non-hydrogen) atoms. The van der Waals surface area contributed by atoms with Crippen molar-refractivity contribution in [3.8, 4) is 0 Å². The number of carbonyl (C=O) groups excluding carboxylic acids is 4. The normalized spacial score (nSPS) is 20.5. The number of carbonyl (C=O) groups is 4. The second-order valence-electron chi connectivity index (χ2n) is 7.11. The average molecular weight is 482 g/mol. The maximum Gasteiger partial charge on any atom is 0.322 e. The first kappa shape index (κ1) is 29.7. The van der Waals surface area contributed by atoms with Crippen LogP contribution in [0.2, 0.25) is 0 Å². The molecule has 3 atom stereocenters. The fourth-order valence-electron chi connectivity index (χ4n) is 2.29. The van der Waals surface area contributed by atoms with Crippen LogP contribution in [0.25, 0.3) is 0 Å². The highest BCUT2D eigenvalue weighted by Gasteiger charge is 2.44. The summed E-state index contributed by atoms with van der Waals surface area (Å²) in [6.07, 6.45) is -0.679. The fourth-order valence-corrected chi connectivity index (χ4v) is 4.43. The summed E-state index contributed by atoms with van der Waals surface area (Å²) in [5.74, 6) is -0.508. The van der Waals surface area contributed by atoms with Gasteiger partial charge in [-0.15, -0.1) is 0 Å². The smallest absolute Gasteiger partial charge is 0.322 e. The molecular formula is C19H36N3O7PS. The molecule has 0 bridgehead atoms. The highest BCUT2D eigenvalue weighted by molar-refractivity contribution is 8.13. The zero-order chi connectivity index (χ0) is 24.0. The minimum atomic E-state index is -1.64. The van der Waals surface area contributed by atoms with Crippen LogP contribution in [0.1, 0.15) is 48.0 Å². The fraction of sp³-hybridized carbons (Fsp3) is 0.789. The Morgan fingerprint density at radius 2 is 1.84 bits per heavy atom. The van der Waals surface area contributed by atoms with Gasteiger partial charge in [0.05, 0.1) is 13.7 Å². The lowest BCUT2D eigenvalue weighted by molar-refractivity contribution is -0.142. The first-order valence-electron chi connectivity index (χ1n) is 10.2. The van der Waals surface area contributed by atoms with Gasteiger partial charge in [-0.3, -0.25) is 19.2 Å². The van der Waals surface area contributed by atoms with E-state index in [1.165, 1.54) is 14.0 Å². The third kappa shape index (κ3) is 11.8. The van der Waals surface area contributed by atoms with Gasteiger partial charge in [-0.05, 0) is 6.92 Å². The molecule has 10 nitrogen and oxygen atoms in total. The van der Waals surface area contributed by atoms with Crippen LogP contribution < -0.4 is 15.7 Å². The summed E-state index contributed by atoms with van der Waals surface area (Å²) < 4.78 is 16.0. The molecular weight excluding hydrogens is 445 g/mol. The molecule has 1 aliphatic heterocycles. The highest BCUT2D eigenvalue weighted by atomic mass is 32.2. The third-order valence-corrected chi connectivity index (χ3v) is 6.12. The number of amides is 2. The van der Waals surface area contributed by atoms with Crippen LogP contribution in [-0.4, -0.2) is 67.6 Å². The minimum absolute atomic E-state index is 0.000944. The number of ether oxygens (including phenoxy) is 1. The predicted molar refractivity (Wildman–Crippen MR) is 121 cm³/mol. The Kier molecular flexibility index (Phi) is 14.9. The van der Waals surface area contributed by atoms with E-state index in [0.29, 0.717) is 12.3 Å². The largest absolute Gasteiger partial charge is 0.468 e. The second-order valence-corrected chi connectivity index (χ2v) is 9.62. The van der Waals surface area contributed by atoms with Gasteiger partial charge in [0.15, 0.2) is 11.2 Å². The molecule has 2 amide bonds. The number of methoxy groups -OCH3 is 1. The Morgan fingerprint density at radius 1 is 1.19 bits per heavy atom. The lowest BCUT2D eigenvalue weighted by Gasteiger charge is -2.40. The molecule has 0 saturated carbocycles. The second kappa shape index (κ2) is 15.5. The van der Waals surface area contributed by atoms with Crippen molar-refractivity contribution in [3.05, 3.63) is 0 Å². The monoisotopic (exact) mass is 481 g/mol. The third-order valence-electron chi connectivity index (χ3n) is 3.94. The molecule has 0 aromatic rings. The molecule has 0 spiro atoms. The van der Waals surface area contributed by atoms with Crippen molar-refractivity contribution in [1.29, 1.82) is 0 Å². The summed E-state index contributed by atoms with van der Waals surface area (Å²) in [6, 6.07) is -0.638. The summed E-state index contributed by atoms with van der Waals surface area (Å²) in [5.41, 5.74) is -0.578. The van der Waals surface area contributed by atoms with E-state index in [1.54, 1.807) is 6.92 Å². The first-order chi connectivity index (χ1) is 14.6. The van der Waals surface area contributed by atoms with Gasteiger partial charge in [-0.25, -0.2) is 5.09 Å². The van der Waals surface area contributed by atoms with Gasteiger partial charge in [0, 0.05) is 37.6 Å². The van der Waals surface area contributed by atoms with E-state index in [4.69, 9.17) is 9.05 Å². The SMILES string of the molecule is CC.COC(=O)C(C)NP1OCC(C)(C)C(C(=O)NCCC(=O)NCCSC(C)=O)O1. The van der Waals surface area contributed by atoms with Crippen LogP contribution in [0.3, 0.4) is 0 Å². The molecule has 0 aromatic heterocycles. The number of hydrogen-bond donors (Lipinski definition) is 3. The minimum Gasteiger partial charge on any atom is -0.468 e. The quantitative estimate of drug-likeness (QED) is 0.242. The van der Waals surface area contributed by atoms with Gasteiger partial charge in [0.1, 0.15) is 6.04 Å². The van der Waals surface area contributed by atoms with Gasteiger partial charge >= 0.3 is 5.97 Å². The van der Waals surface area contributed by atoms with Crippen molar-refractivity contribution in [2.75, 3.05) is 32.6 Å². The number of esters is 1. The van der Waals surface area contributed by atoms with Crippen molar-refractivity contribution in [2.24, 2.45) is 5.41 Å². The van der Waals surface area contributed by atoms with Gasteiger partial charge in [0.2, 0.25) is 11.8 Å². The van der Waals surface area contributed by atoms with Crippen LogP contribution in [0.5, 0.6) is 0 Å². The van der Waals surface area contributed by atoms with E-state index in [1.807, 2.05) is 27.7 Å². The van der Waals surface area contributed by atoms with Crippen molar-refractivity contribution in [3.63, 3.8) is 0 Å². The molecule has 3 N–H and O–H groups in total. The molecule has 1 fully saturated rings. The maximum atomic E-state index is 12.6. The molecule has 1 aliphatic rings. The van der Waals surface area contributed by atoms with Crippen LogP contribution in [0, 0.1) is 5.41 Å². The van der Waals surface area contributed by atoms with Crippen molar-refractivity contribution in [2.45, 2.75) is 60.1 Å². The number of hydrogen-bond acceptors (Lipinski definition) is 9. The first-order valence-corrected chi connectivity index (χ1v) is 12.3. The zero-order valence-electron chi connectivity index (χ0n) is 19.4. The van der Waals surface area contributed by atoms with Crippen LogP contribution >= 0.6 is 20.3 Å². The predicted octanol–water partition coefficient (Wildman–Crippen LogP) is 1.73. The summed E-state index contributed by atoms with van der Waals surface area (Å²) in [7, 11) is -0.358. The Bertz CT molecular complexity index is 607. The summed E-state index contributed by atoms with van der Waals surface area (Å²) in [6.45, 7) is 11.6. The molecule has 1 saturated heterocycles. The lowest BCUT2D eigenvalue weighted by atomic mass is 9.87. The Hall–Kier alpha value is -1.26. The molecule has 0 radical (unpaired) electrons. The maximum absolute atomic E-state index is 12.6. The van der Waals surface area contributed by atoms with E-state index >= 15 is 0 Å². The molecule has 0 aliphatic carbocycles. The number of thioether (sulfide) groups is 1. The lowest BCUT2D eigenvalue weighted by Crippen LogP contribution is -2.51. The van der Waals surface area contributed by atoms with Crippen LogP contribution in [0.15, 0.2) is 0 Å². The van der Waals surface area contributed by atoms with Crippen molar-refractivity contribution >= 4 is 43.2 Å². The van der Waals surface area contributed by atoms with Crippen molar-refractivity contribution in [1.82, 2.24) is 15.7 Å². The van der Waals surface area contributed by atoms with Gasteiger partial charge < -0.3 is 24.4 Å². The zero-order valence-corrected chi connectivity index (χ0v) is 21.1. The van der Waals surface area contributed by atoms with E-state index in [0.717, 1.165) is 11.8 Å². The molecule has 180 valence electrons. The highest BCUT2D eigenvalue weighted by Crippen LogP contribution is 2.46. The van der Waals surface area contributed by atoms with Crippen LogP contribution in [-0.2, 0) is 33.0 Å². The molecule has 0 aromatic carbocycles. The van der Waals surface area contributed by atoms with Gasteiger partial charge in [-0.2, -0.15) is 0 Å². The van der Waals surface area contributed by atoms with E-state index in [-0.39, 0.29) is 36.5 Å². The van der Waals surface area contributed by atoms with E-state index in [2.05, 4.69) is 20.5 Å². The Labute approximate surface area is 190 Å². The summed E-state index contributed by atoms with van der Waals surface area (Å²) in [4.78, 5) is 46.7. The molecule has 1 heterocycles. The molecule has 12 heteroatoms. The number of nitrogens with one attached hydrogen (secondary N) is 3. The summed E-state index contributed by atoms with van der Waals surface area (Å²) in [5, 5.41) is 8.27. The Morgan fingerprint density at radius 3 is 2.42 bits per heavy atom. The van der Waals surface area contributed by atoms with Gasteiger partial charge in [-0.1, -0.05) is 39.5 Å². The van der Waals surface area contributed by atoms with E-state index < -0.39 is 32.1 Å². The molecule has 1 rings (SSSR count). The number of rotatable bonds is 10. The summed E-state index contributed by atoms with van der Waals surface area (Å²) >= 11 is 1.14. The average Bonchev–Trinajstić information content (AvgIpc) is 2.72.